The minimum absolute atomic E-state index is 0.820. The maximum atomic E-state index is 2.47. The summed E-state index contributed by atoms with van der Waals surface area (Å²) in [6, 6.07) is 11.0. The van der Waals surface area contributed by atoms with Crippen LogP contribution in [0.25, 0.3) is 0 Å². The van der Waals surface area contributed by atoms with Crippen molar-refractivity contribution < 1.29 is 0 Å². The maximum absolute atomic E-state index is 2.47. The van der Waals surface area contributed by atoms with E-state index in [1.54, 1.807) is 10.4 Å². The smallest absolute Gasteiger partial charge is 0.0857 e. The van der Waals surface area contributed by atoms with Crippen molar-refractivity contribution in [2.45, 2.75) is 26.4 Å². The third-order valence-electron chi connectivity index (χ3n) is 3.33. The van der Waals surface area contributed by atoms with E-state index < -0.39 is 8.07 Å². The van der Waals surface area contributed by atoms with E-state index in [1.807, 2.05) is 0 Å². The molecule has 74 valence electrons. The summed E-state index contributed by atoms with van der Waals surface area (Å²) in [5.74, 6) is 0.820. The predicted octanol–water partition coefficient (Wildman–Crippen LogP) is 3.11. The van der Waals surface area contributed by atoms with Gasteiger partial charge in [-0.15, -0.1) is 0 Å². The monoisotopic (exact) mass is 202 g/mol. The molecule has 1 atom stereocenters. The van der Waals surface area contributed by atoms with E-state index in [4.69, 9.17) is 0 Å². The molecule has 1 aliphatic rings. The second-order valence-electron chi connectivity index (χ2n) is 4.86. The van der Waals surface area contributed by atoms with Gasteiger partial charge in [0.2, 0.25) is 0 Å². The van der Waals surface area contributed by atoms with Crippen molar-refractivity contribution in [3.63, 3.8) is 0 Å². The van der Waals surface area contributed by atoms with E-state index in [0.29, 0.717) is 0 Å². The third kappa shape index (κ3) is 1.57. The largest absolute Gasteiger partial charge is 0.107 e. The fraction of sp³-hybridized carbons (Fsp3) is 0.385. The summed E-state index contributed by atoms with van der Waals surface area (Å²) in [5.41, 5.74) is 0. The highest BCUT2D eigenvalue weighted by Crippen LogP contribution is 2.32. The molecule has 0 aliphatic heterocycles. The molecule has 0 fully saturated rings. The Morgan fingerprint density at radius 1 is 1.14 bits per heavy atom. The fourth-order valence-corrected chi connectivity index (χ4v) is 5.09. The number of allylic oxidation sites excluding steroid dienone is 2. The van der Waals surface area contributed by atoms with Crippen LogP contribution in [0.1, 0.15) is 13.3 Å². The van der Waals surface area contributed by atoms with Crippen LogP contribution < -0.4 is 5.19 Å². The second kappa shape index (κ2) is 3.39. The zero-order valence-corrected chi connectivity index (χ0v) is 10.2. The highest BCUT2D eigenvalue weighted by Gasteiger charge is 2.32. The van der Waals surface area contributed by atoms with Gasteiger partial charge in [0.05, 0.1) is 0 Å². The van der Waals surface area contributed by atoms with Crippen molar-refractivity contribution in [2.24, 2.45) is 5.92 Å². The van der Waals surface area contributed by atoms with E-state index >= 15 is 0 Å². The first-order valence-corrected chi connectivity index (χ1v) is 8.37. The van der Waals surface area contributed by atoms with Gasteiger partial charge in [0.15, 0.2) is 0 Å². The Kier molecular flexibility index (Phi) is 2.36. The van der Waals surface area contributed by atoms with Gasteiger partial charge in [-0.1, -0.05) is 66.8 Å². The van der Waals surface area contributed by atoms with Gasteiger partial charge in [0.25, 0.3) is 0 Å². The van der Waals surface area contributed by atoms with Crippen LogP contribution in [0.3, 0.4) is 0 Å². The average Bonchev–Trinajstić information content (AvgIpc) is 2.14. The van der Waals surface area contributed by atoms with Gasteiger partial charge in [-0.2, -0.15) is 0 Å². The first-order chi connectivity index (χ1) is 6.60. The third-order valence-corrected chi connectivity index (χ3v) is 7.08. The fourth-order valence-electron chi connectivity index (χ4n) is 2.16. The van der Waals surface area contributed by atoms with Gasteiger partial charge in [0, 0.05) is 0 Å². The van der Waals surface area contributed by atoms with Gasteiger partial charge in [-0.3, -0.25) is 0 Å². The molecular formula is C13H18Si. The lowest BCUT2D eigenvalue weighted by molar-refractivity contribution is 0.662. The van der Waals surface area contributed by atoms with Crippen LogP contribution >= 0.6 is 0 Å². The minimum Gasteiger partial charge on any atom is -0.0857 e. The summed E-state index contributed by atoms with van der Waals surface area (Å²) in [6.07, 6.45) is 3.80. The van der Waals surface area contributed by atoms with E-state index in [9.17, 15) is 0 Å². The zero-order valence-electron chi connectivity index (χ0n) is 9.25. The summed E-state index contributed by atoms with van der Waals surface area (Å²) < 4.78 is 0. The van der Waals surface area contributed by atoms with Crippen LogP contribution in [0.15, 0.2) is 41.6 Å². The molecule has 0 bridgehead atoms. The van der Waals surface area contributed by atoms with Crippen LogP contribution in [0.5, 0.6) is 0 Å². The summed E-state index contributed by atoms with van der Waals surface area (Å²) in [6.45, 7) is 7.22. The van der Waals surface area contributed by atoms with E-state index in [0.717, 1.165) is 5.92 Å². The Morgan fingerprint density at radius 2 is 1.71 bits per heavy atom. The van der Waals surface area contributed by atoms with Gasteiger partial charge >= 0.3 is 0 Å². The molecule has 0 heterocycles. The topological polar surface area (TPSA) is 0 Å². The highest BCUT2D eigenvalue weighted by atomic mass is 28.3. The molecule has 1 heteroatoms. The van der Waals surface area contributed by atoms with Gasteiger partial charge in [0.1, 0.15) is 8.07 Å². The molecule has 1 aromatic carbocycles. The number of hydrogen-bond donors (Lipinski definition) is 0. The van der Waals surface area contributed by atoms with E-state index in [1.165, 1.54) is 6.42 Å². The number of rotatable bonds is 2. The lowest BCUT2D eigenvalue weighted by atomic mass is 9.97. The van der Waals surface area contributed by atoms with Crippen LogP contribution in [0, 0.1) is 5.92 Å². The summed E-state index contributed by atoms with van der Waals surface area (Å²) in [4.78, 5) is 0. The first kappa shape index (κ1) is 9.72. The molecule has 0 radical (unpaired) electrons. The van der Waals surface area contributed by atoms with Crippen molar-refractivity contribution in [1.82, 2.24) is 0 Å². The standard InChI is InChI=1S/C13H18Si/c1-11-9-13(10-11)14(2,3)12-7-5-4-6-8-12/h4-9,11H,10H2,1-3H3. The molecule has 1 aromatic rings. The van der Waals surface area contributed by atoms with Crippen molar-refractivity contribution >= 4 is 13.3 Å². The Bertz CT molecular complexity index is 349. The SMILES string of the molecule is CC1C=C([Si](C)(C)c2ccccc2)C1. The summed E-state index contributed by atoms with van der Waals surface area (Å²) in [7, 11) is -1.28. The maximum Gasteiger partial charge on any atom is 0.107 e. The molecule has 0 nitrogen and oxygen atoms in total. The minimum atomic E-state index is -1.28. The lowest BCUT2D eigenvalue weighted by Gasteiger charge is -2.34. The molecule has 14 heavy (non-hydrogen) atoms. The van der Waals surface area contributed by atoms with Crippen molar-refractivity contribution in [3.8, 4) is 0 Å². The molecule has 2 rings (SSSR count). The van der Waals surface area contributed by atoms with Crippen molar-refractivity contribution in [1.29, 1.82) is 0 Å². The Morgan fingerprint density at radius 3 is 2.21 bits per heavy atom. The first-order valence-electron chi connectivity index (χ1n) is 5.37. The molecule has 0 saturated heterocycles. The average molecular weight is 202 g/mol. The molecule has 0 N–H and O–H groups in total. The second-order valence-corrected chi connectivity index (χ2v) is 9.33. The number of benzene rings is 1. The normalized spacial score (nSPS) is 21.4. The summed E-state index contributed by atoms with van der Waals surface area (Å²) >= 11 is 0. The quantitative estimate of drug-likeness (QED) is 0.646. The van der Waals surface area contributed by atoms with Crippen LogP contribution in [-0.2, 0) is 0 Å². The number of hydrogen-bond acceptors (Lipinski definition) is 0. The summed E-state index contributed by atoms with van der Waals surface area (Å²) in [5, 5.41) is 3.30. The highest BCUT2D eigenvalue weighted by molar-refractivity contribution is 6.95. The van der Waals surface area contributed by atoms with E-state index in [2.05, 4.69) is 56.4 Å². The van der Waals surface area contributed by atoms with Crippen LogP contribution in [0.4, 0.5) is 0 Å². The van der Waals surface area contributed by atoms with Crippen LogP contribution in [0.2, 0.25) is 13.1 Å². The van der Waals surface area contributed by atoms with Gasteiger partial charge in [-0.25, -0.2) is 0 Å². The Hall–Kier alpha value is -0.823. The van der Waals surface area contributed by atoms with Crippen molar-refractivity contribution in [3.05, 3.63) is 41.6 Å². The zero-order chi connectivity index (χ0) is 10.2. The van der Waals surface area contributed by atoms with Crippen LogP contribution in [-0.4, -0.2) is 8.07 Å². The van der Waals surface area contributed by atoms with E-state index in [-0.39, 0.29) is 0 Å². The molecule has 0 saturated carbocycles. The molecule has 0 aromatic heterocycles. The predicted molar refractivity (Wildman–Crippen MR) is 65.4 cm³/mol. The molecule has 0 spiro atoms. The Labute approximate surface area is 87.7 Å². The molecule has 0 amide bonds. The molecule has 1 aliphatic carbocycles. The lowest BCUT2D eigenvalue weighted by Crippen LogP contribution is -2.46. The van der Waals surface area contributed by atoms with Gasteiger partial charge in [-0.05, 0) is 12.3 Å². The Balaban J connectivity index is 2.30. The molecule has 1 unspecified atom stereocenters. The van der Waals surface area contributed by atoms with Gasteiger partial charge < -0.3 is 0 Å². The molecular weight excluding hydrogens is 184 g/mol. The van der Waals surface area contributed by atoms with Crippen molar-refractivity contribution in [2.75, 3.05) is 0 Å².